The van der Waals surface area contributed by atoms with Crippen molar-refractivity contribution in [2.45, 2.75) is 27.2 Å². The number of aryl methyl sites for hydroxylation is 1. The third-order valence-electron chi connectivity index (χ3n) is 3.21. The fourth-order valence-electron chi connectivity index (χ4n) is 2.02. The molecule has 0 fully saturated rings. The van der Waals surface area contributed by atoms with Crippen LogP contribution < -0.4 is 10.9 Å². The normalized spacial score (nSPS) is 11.0. The molecule has 1 N–H and O–H groups in total. The molecule has 4 heteroatoms. The lowest BCUT2D eigenvalue weighted by atomic mass is 10.1. The van der Waals surface area contributed by atoms with Gasteiger partial charge < -0.3 is 9.73 Å². The minimum absolute atomic E-state index is 0.0619. The van der Waals surface area contributed by atoms with Crippen molar-refractivity contribution in [2.75, 3.05) is 6.54 Å². The molecule has 0 aliphatic rings. The summed E-state index contributed by atoms with van der Waals surface area (Å²) in [4.78, 5) is 23.9. The van der Waals surface area contributed by atoms with E-state index < -0.39 is 5.63 Å². The summed E-state index contributed by atoms with van der Waals surface area (Å²) in [6.45, 7) is 6.59. The number of amides is 1. The van der Waals surface area contributed by atoms with Crippen LogP contribution in [0.25, 0.3) is 11.0 Å². The van der Waals surface area contributed by atoms with Gasteiger partial charge in [0.05, 0.1) is 0 Å². The van der Waals surface area contributed by atoms with Crippen molar-refractivity contribution >= 4 is 16.9 Å². The lowest BCUT2D eigenvalue weighted by Crippen LogP contribution is -2.29. The minimum atomic E-state index is -0.589. The molecule has 0 bridgehead atoms. The topological polar surface area (TPSA) is 59.3 Å². The summed E-state index contributed by atoms with van der Waals surface area (Å²) < 4.78 is 5.26. The van der Waals surface area contributed by atoms with E-state index in [9.17, 15) is 9.59 Å². The molecule has 1 heterocycles. The number of rotatable bonds is 4. The fourth-order valence-corrected chi connectivity index (χ4v) is 2.02. The Balaban J connectivity index is 2.28. The number of hydrogen-bond donors (Lipinski definition) is 1. The SMILES string of the molecule is Cc1cccc2cc(C(=O)NCCC(C)C)c(=O)oc12. The molecule has 0 atom stereocenters. The number of para-hydroxylation sites is 1. The first kappa shape index (κ1) is 14.3. The summed E-state index contributed by atoms with van der Waals surface area (Å²) in [5, 5.41) is 3.51. The number of carbonyl (C=O) groups excluding carboxylic acids is 1. The quantitative estimate of drug-likeness (QED) is 0.871. The fraction of sp³-hybridized carbons (Fsp3) is 0.375. The van der Waals surface area contributed by atoms with E-state index in [0.29, 0.717) is 18.0 Å². The Morgan fingerprint density at radius 2 is 2.10 bits per heavy atom. The summed E-state index contributed by atoms with van der Waals surface area (Å²) >= 11 is 0. The lowest BCUT2D eigenvalue weighted by molar-refractivity contribution is 0.0948. The van der Waals surface area contributed by atoms with Crippen molar-refractivity contribution in [3.63, 3.8) is 0 Å². The summed E-state index contributed by atoms with van der Waals surface area (Å²) in [5.74, 6) is 0.133. The zero-order chi connectivity index (χ0) is 14.7. The van der Waals surface area contributed by atoms with Gasteiger partial charge in [-0.2, -0.15) is 0 Å². The molecule has 0 spiro atoms. The van der Waals surface area contributed by atoms with E-state index in [0.717, 1.165) is 17.4 Å². The van der Waals surface area contributed by atoms with Crippen LogP contribution >= 0.6 is 0 Å². The van der Waals surface area contributed by atoms with Gasteiger partial charge in [-0.25, -0.2) is 4.79 Å². The van der Waals surface area contributed by atoms with Crippen molar-refractivity contribution in [1.82, 2.24) is 5.32 Å². The molecule has 2 aromatic rings. The van der Waals surface area contributed by atoms with Gasteiger partial charge >= 0.3 is 5.63 Å². The molecule has 2 rings (SSSR count). The van der Waals surface area contributed by atoms with Crippen LogP contribution in [0.5, 0.6) is 0 Å². The van der Waals surface area contributed by atoms with Gasteiger partial charge in [0.1, 0.15) is 11.1 Å². The molecule has 0 unspecified atom stereocenters. The van der Waals surface area contributed by atoms with E-state index in [-0.39, 0.29) is 11.5 Å². The average molecular weight is 273 g/mol. The van der Waals surface area contributed by atoms with Crippen LogP contribution in [0, 0.1) is 12.8 Å². The third kappa shape index (κ3) is 3.07. The Morgan fingerprint density at radius 3 is 2.80 bits per heavy atom. The molecule has 0 saturated heterocycles. The maximum absolute atomic E-state index is 12.0. The highest BCUT2D eigenvalue weighted by Gasteiger charge is 2.14. The van der Waals surface area contributed by atoms with Crippen LogP contribution in [0.15, 0.2) is 33.5 Å². The maximum atomic E-state index is 12.0. The largest absolute Gasteiger partial charge is 0.422 e. The monoisotopic (exact) mass is 273 g/mol. The zero-order valence-electron chi connectivity index (χ0n) is 12.0. The van der Waals surface area contributed by atoms with Crippen molar-refractivity contribution in [3.8, 4) is 0 Å². The van der Waals surface area contributed by atoms with Gasteiger partial charge in [-0.1, -0.05) is 32.0 Å². The van der Waals surface area contributed by atoms with Crippen LogP contribution in [-0.4, -0.2) is 12.5 Å². The molecule has 1 aromatic carbocycles. The summed E-state index contributed by atoms with van der Waals surface area (Å²) in [7, 11) is 0. The van der Waals surface area contributed by atoms with Crippen molar-refractivity contribution < 1.29 is 9.21 Å². The first-order valence-electron chi connectivity index (χ1n) is 6.80. The lowest BCUT2D eigenvalue weighted by Gasteiger charge is -2.07. The van der Waals surface area contributed by atoms with Gasteiger partial charge in [0.2, 0.25) is 0 Å². The second kappa shape index (κ2) is 5.90. The van der Waals surface area contributed by atoms with Crippen molar-refractivity contribution in [2.24, 2.45) is 5.92 Å². The number of benzene rings is 1. The number of carbonyl (C=O) groups is 1. The molecule has 4 nitrogen and oxygen atoms in total. The smallest absolute Gasteiger partial charge is 0.349 e. The molecule has 0 aliphatic carbocycles. The van der Waals surface area contributed by atoms with Crippen LogP contribution in [0.3, 0.4) is 0 Å². The molecule has 0 aliphatic heterocycles. The van der Waals surface area contributed by atoms with Crippen molar-refractivity contribution in [3.05, 3.63) is 45.8 Å². The Hall–Kier alpha value is -2.10. The molecule has 1 aromatic heterocycles. The number of nitrogens with one attached hydrogen (secondary N) is 1. The molecule has 1 amide bonds. The van der Waals surface area contributed by atoms with E-state index >= 15 is 0 Å². The van der Waals surface area contributed by atoms with Gasteiger partial charge in [-0.05, 0) is 30.9 Å². The summed E-state index contributed by atoms with van der Waals surface area (Å²) in [6.07, 6.45) is 0.879. The van der Waals surface area contributed by atoms with Crippen LogP contribution in [0.2, 0.25) is 0 Å². The molecule has 106 valence electrons. The molecule has 0 saturated carbocycles. The minimum Gasteiger partial charge on any atom is -0.422 e. The molecule has 20 heavy (non-hydrogen) atoms. The van der Waals surface area contributed by atoms with Gasteiger partial charge in [0, 0.05) is 11.9 Å². The Kier molecular flexibility index (Phi) is 4.23. The van der Waals surface area contributed by atoms with Crippen LogP contribution in [0.4, 0.5) is 0 Å². The highest BCUT2D eigenvalue weighted by Crippen LogP contribution is 2.17. The zero-order valence-corrected chi connectivity index (χ0v) is 12.0. The van der Waals surface area contributed by atoms with Crippen LogP contribution in [0.1, 0.15) is 36.2 Å². The third-order valence-corrected chi connectivity index (χ3v) is 3.21. The number of hydrogen-bond acceptors (Lipinski definition) is 3. The van der Waals surface area contributed by atoms with Gasteiger partial charge in [-0.3, -0.25) is 4.79 Å². The first-order chi connectivity index (χ1) is 9.49. The average Bonchev–Trinajstić information content (AvgIpc) is 2.38. The Bertz CT molecular complexity index is 686. The highest BCUT2D eigenvalue weighted by atomic mass is 16.4. The van der Waals surface area contributed by atoms with Gasteiger partial charge in [0.25, 0.3) is 5.91 Å². The second-order valence-electron chi connectivity index (χ2n) is 5.38. The van der Waals surface area contributed by atoms with E-state index in [4.69, 9.17) is 4.42 Å². The summed E-state index contributed by atoms with van der Waals surface area (Å²) in [5.41, 5.74) is 0.892. The second-order valence-corrected chi connectivity index (χ2v) is 5.38. The van der Waals surface area contributed by atoms with E-state index in [1.165, 1.54) is 0 Å². The molecular formula is C16H19NO3. The Morgan fingerprint density at radius 1 is 1.35 bits per heavy atom. The predicted octanol–water partition coefficient (Wildman–Crippen LogP) is 2.88. The summed E-state index contributed by atoms with van der Waals surface area (Å²) in [6, 6.07) is 7.17. The standard InChI is InChI=1S/C16H19NO3/c1-10(2)7-8-17-15(18)13-9-12-6-4-5-11(3)14(12)20-16(13)19/h4-6,9-10H,7-8H2,1-3H3,(H,17,18). The number of fused-ring (bicyclic) bond motifs is 1. The molecular weight excluding hydrogens is 254 g/mol. The highest BCUT2D eigenvalue weighted by molar-refractivity contribution is 5.96. The molecule has 0 radical (unpaired) electrons. The van der Waals surface area contributed by atoms with Gasteiger partial charge in [-0.15, -0.1) is 0 Å². The maximum Gasteiger partial charge on any atom is 0.349 e. The van der Waals surface area contributed by atoms with Crippen LogP contribution in [-0.2, 0) is 0 Å². The van der Waals surface area contributed by atoms with E-state index in [1.807, 2.05) is 25.1 Å². The first-order valence-corrected chi connectivity index (χ1v) is 6.80. The van der Waals surface area contributed by atoms with E-state index in [1.54, 1.807) is 6.07 Å². The Labute approximate surface area is 117 Å². The van der Waals surface area contributed by atoms with E-state index in [2.05, 4.69) is 19.2 Å². The van der Waals surface area contributed by atoms with Crippen molar-refractivity contribution in [1.29, 1.82) is 0 Å². The predicted molar refractivity (Wildman–Crippen MR) is 79.0 cm³/mol. The van der Waals surface area contributed by atoms with Gasteiger partial charge in [0.15, 0.2) is 0 Å².